The molecule has 140 valence electrons. The molecule has 1 saturated heterocycles. The molecule has 2 aromatic heterocycles. The van der Waals surface area contributed by atoms with Gasteiger partial charge in [0.1, 0.15) is 5.75 Å². The van der Waals surface area contributed by atoms with E-state index in [0.717, 1.165) is 37.7 Å². The Hall–Kier alpha value is -2.97. The smallest absolute Gasteiger partial charge is 0.151 e. The number of piperazine rings is 1. The first-order valence-corrected chi connectivity index (χ1v) is 9.00. The van der Waals surface area contributed by atoms with E-state index in [1.54, 1.807) is 16.9 Å². The molecule has 1 aromatic carbocycles. The molecular formula is C19H22N6O2. The summed E-state index contributed by atoms with van der Waals surface area (Å²) in [5.74, 6) is 0.970. The molecule has 0 bridgehead atoms. The molecule has 8 heteroatoms. The van der Waals surface area contributed by atoms with Crippen molar-refractivity contribution in [1.82, 2.24) is 24.9 Å². The quantitative estimate of drug-likeness (QED) is 0.700. The topological polar surface area (TPSA) is 90.5 Å². The second-order valence-corrected chi connectivity index (χ2v) is 6.48. The number of hydrogen-bond donors (Lipinski definition) is 2. The summed E-state index contributed by atoms with van der Waals surface area (Å²) < 4.78 is 1.69. The van der Waals surface area contributed by atoms with Gasteiger partial charge in [-0.2, -0.15) is 5.10 Å². The van der Waals surface area contributed by atoms with E-state index in [9.17, 15) is 5.11 Å². The largest absolute Gasteiger partial charge is 0.507 e. The highest BCUT2D eigenvalue weighted by molar-refractivity contribution is 5.69. The van der Waals surface area contributed by atoms with Crippen LogP contribution < -0.4 is 4.90 Å². The van der Waals surface area contributed by atoms with E-state index in [1.165, 1.54) is 0 Å². The minimum absolute atomic E-state index is 0.141. The van der Waals surface area contributed by atoms with Crippen molar-refractivity contribution in [3.63, 3.8) is 0 Å². The lowest BCUT2D eigenvalue weighted by Crippen LogP contribution is -2.47. The average molecular weight is 366 g/mol. The number of β-amino-alcohol motifs (C(OH)–C–C–N with tert-alkyl or cyclic N) is 1. The maximum Gasteiger partial charge on any atom is 0.151 e. The van der Waals surface area contributed by atoms with Crippen LogP contribution in [0, 0.1) is 0 Å². The van der Waals surface area contributed by atoms with Crippen LogP contribution in [0.25, 0.3) is 16.9 Å². The molecule has 3 heterocycles. The number of nitrogens with zero attached hydrogens (tertiary/aromatic N) is 6. The van der Waals surface area contributed by atoms with E-state index < -0.39 is 0 Å². The molecule has 0 amide bonds. The summed E-state index contributed by atoms with van der Waals surface area (Å²) in [5, 5.41) is 32.2. The van der Waals surface area contributed by atoms with Gasteiger partial charge in [-0.05, 0) is 30.3 Å². The Labute approximate surface area is 157 Å². The third kappa shape index (κ3) is 3.76. The molecule has 0 radical (unpaired) electrons. The van der Waals surface area contributed by atoms with Crippen molar-refractivity contribution in [3.05, 3.63) is 48.8 Å². The van der Waals surface area contributed by atoms with Gasteiger partial charge in [-0.15, -0.1) is 10.2 Å². The zero-order valence-corrected chi connectivity index (χ0v) is 14.9. The van der Waals surface area contributed by atoms with Crippen LogP contribution in [0.15, 0.2) is 48.8 Å². The van der Waals surface area contributed by atoms with Gasteiger partial charge in [-0.1, -0.05) is 0 Å². The first-order valence-electron chi connectivity index (χ1n) is 9.00. The number of phenols is 1. The Morgan fingerprint density at radius 2 is 1.85 bits per heavy atom. The monoisotopic (exact) mass is 366 g/mol. The second kappa shape index (κ2) is 7.73. The van der Waals surface area contributed by atoms with Crippen molar-refractivity contribution in [2.45, 2.75) is 0 Å². The maximum absolute atomic E-state index is 10.4. The Morgan fingerprint density at radius 3 is 2.48 bits per heavy atom. The summed E-state index contributed by atoms with van der Waals surface area (Å²) in [6.07, 6.45) is 3.52. The normalized spacial score (nSPS) is 15.2. The van der Waals surface area contributed by atoms with Crippen LogP contribution >= 0.6 is 0 Å². The molecule has 2 N–H and O–H groups in total. The molecule has 0 atom stereocenters. The molecule has 0 unspecified atom stereocenters. The molecule has 1 fully saturated rings. The fraction of sp³-hybridized carbons (Fsp3) is 0.316. The lowest BCUT2D eigenvalue weighted by molar-refractivity contribution is 0.188. The molecule has 8 nitrogen and oxygen atoms in total. The minimum atomic E-state index is 0.141. The van der Waals surface area contributed by atoms with Crippen LogP contribution in [0.2, 0.25) is 0 Å². The summed E-state index contributed by atoms with van der Waals surface area (Å²) in [5.41, 5.74) is 2.05. The Balaban J connectivity index is 1.48. The van der Waals surface area contributed by atoms with Crippen molar-refractivity contribution in [2.24, 2.45) is 0 Å². The number of anilines is 1. The molecule has 4 rings (SSSR count). The van der Waals surface area contributed by atoms with Crippen molar-refractivity contribution < 1.29 is 10.2 Å². The fourth-order valence-electron chi connectivity index (χ4n) is 3.28. The van der Waals surface area contributed by atoms with Crippen LogP contribution in [0.1, 0.15) is 0 Å². The predicted molar refractivity (Wildman–Crippen MR) is 102 cm³/mol. The van der Waals surface area contributed by atoms with Crippen LogP contribution in [-0.4, -0.2) is 74.4 Å². The average Bonchev–Trinajstić information content (AvgIpc) is 3.24. The van der Waals surface area contributed by atoms with Gasteiger partial charge in [0.25, 0.3) is 0 Å². The van der Waals surface area contributed by atoms with Gasteiger partial charge >= 0.3 is 0 Å². The van der Waals surface area contributed by atoms with Crippen molar-refractivity contribution in [3.8, 4) is 22.7 Å². The number of aliphatic hydroxyl groups excluding tert-OH is 1. The van der Waals surface area contributed by atoms with Gasteiger partial charge in [-0.25, -0.2) is 4.68 Å². The number of rotatable bonds is 5. The fourth-order valence-corrected chi connectivity index (χ4v) is 3.28. The van der Waals surface area contributed by atoms with Crippen LogP contribution in [0.3, 0.4) is 0 Å². The highest BCUT2D eigenvalue weighted by Crippen LogP contribution is 2.30. The lowest BCUT2D eigenvalue weighted by Gasteiger charge is -2.34. The highest BCUT2D eigenvalue weighted by Gasteiger charge is 2.18. The van der Waals surface area contributed by atoms with Crippen LogP contribution in [-0.2, 0) is 0 Å². The Kier molecular flexibility index (Phi) is 4.99. The third-order valence-electron chi connectivity index (χ3n) is 4.79. The summed E-state index contributed by atoms with van der Waals surface area (Å²) in [4.78, 5) is 4.42. The number of phenolic OH excluding ortho intramolecular Hbond substituents is 1. The Bertz CT molecular complexity index is 874. The molecule has 1 aliphatic heterocycles. The number of aliphatic hydroxyl groups is 1. The highest BCUT2D eigenvalue weighted by atomic mass is 16.3. The number of benzene rings is 1. The molecule has 3 aromatic rings. The zero-order chi connectivity index (χ0) is 18.6. The van der Waals surface area contributed by atoms with Crippen LogP contribution in [0.5, 0.6) is 5.75 Å². The first-order chi connectivity index (χ1) is 13.2. The van der Waals surface area contributed by atoms with E-state index >= 15 is 0 Å². The lowest BCUT2D eigenvalue weighted by atomic mass is 10.1. The van der Waals surface area contributed by atoms with E-state index in [0.29, 0.717) is 17.8 Å². The molecule has 0 spiro atoms. The summed E-state index contributed by atoms with van der Waals surface area (Å²) in [6, 6.07) is 11.0. The Morgan fingerprint density at radius 1 is 1.00 bits per heavy atom. The van der Waals surface area contributed by atoms with Gasteiger partial charge in [0.15, 0.2) is 5.82 Å². The maximum atomic E-state index is 10.4. The number of aromatic hydroxyl groups is 1. The van der Waals surface area contributed by atoms with Gasteiger partial charge in [0.05, 0.1) is 18.0 Å². The number of hydrogen-bond acceptors (Lipinski definition) is 7. The molecule has 27 heavy (non-hydrogen) atoms. The predicted octanol–water partition coefficient (Wildman–Crippen LogP) is 1.15. The molecule has 0 saturated carbocycles. The molecule has 0 aliphatic carbocycles. The van der Waals surface area contributed by atoms with Gasteiger partial charge in [0, 0.05) is 56.7 Å². The second-order valence-electron chi connectivity index (χ2n) is 6.48. The van der Waals surface area contributed by atoms with Gasteiger partial charge in [0.2, 0.25) is 0 Å². The number of aromatic nitrogens is 4. The van der Waals surface area contributed by atoms with Crippen molar-refractivity contribution in [2.75, 3.05) is 44.2 Å². The summed E-state index contributed by atoms with van der Waals surface area (Å²) >= 11 is 0. The van der Waals surface area contributed by atoms with E-state index in [4.69, 9.17) is 5.11 Å². The van der Waals surface area contributed by atoms with Crippen LogP contribution in [0.4, 0.5) is 5.82 Å². The first kappa shape index (κ1) is 17.4. The SMILES string of the molecule is OCCN1CCN(c2ccc(-c3ccc(-n4cccn4)cc3O)nn2)CC1. The standard InChI is InChI=1S/C19H22N6O2/c26-13-12-23-8-10-24(11-9-23)19-5-4-17(21-22-19)16-3-2-15(14-18(16)27)25-7-1-6-20-25/h1-7,14,26-27H,8-13H2. The van der Waals surface area contributed by atoms with Crippen molar-refractivity contribution >= 4 is 5.82 Å². The summed E-state index contributed by atoms with van der Waals surface area (Å²) in [7, 11) is 0. The van der Waals surface area contributed by atoms with Gasteiger partial charge in [-0.3, -0.25) is 4.90 Å². The zero-order valence-electron chi connectivity index (χ0n) is 14.9. The van der Waals surface area contributed by atoms with Gasteiger partial charge < -0.3 is 15.1 Å². The minimum Gasteiger partial charge on any atom is -0.507 e. The van der Waals surface area contributed by atoms with E-state index in [-0.39, 0.29) is 12.4 Å². The van der Waals surface area contributed by atoms with E-state index in [2.05, 4.69) is 25.1 Å². The molecular weight excluding hydrogens is 344 g/mol. The van der Waals surface area contributed by atoms with Crippen molar-refractivity contribution in [1.29, 1.82) is 0 Å². The molecule has 1 aliphatic rings. The van der Waals surface area contributed by atoms with E-state index in [1.807, 2.05) is 36.5 Å². The third-order valence-corrected chi connectivity index (χ3v) is 4.79. The summed E-state index contributed by atoms with van der Waals surface area (Å²) in [6.45, 7) is 4.43.